The second-order valence-corrected chi connectivity index (χ2v) is 8.42. The van der Waals surface area contributed by atoms with Crippen LogP contribution in [-0.2, 0) is 4.74 Å². The summed E-state index contributed by atoms with van der Waals surface area (Å²) in [7, 11) is 0. The Balaban J connectivity index is 1.54. The molecule has 1 saturated carbocycles. The molecule has 1 aromatic carbocycles. The number of aromatic nitrogens is 4. The van der Waals surface area contributed by atoms with Gasteiger partial charge in [-0.15, -0.1) is 0 Å². The van der Waals surface area contributed by atoms with Crippen LogP contribution in [0.1, 0.15) is 38.3 Å². The zero-order chi connectivity index (χ0) is 22.1. The molecule has 32 heavy (non-hydrogen) atoms. The van der Waals surface area contributed by atoms with Gasteiger partial charge in [0.1, 0.15) is 18.3 Å². The molecule has 5 N–H and O–H groups in total. The zero-order valence-corrected chi connectivity index (χ0v) is 17.6. The van der Waals surface area contributed by atoms with Crippen molar-refractivity contribution in [3.8, 4) is 0 Å². The number of benzene rings is 1. The molecule has 10 heteroatoms. The van der Waals surface area contributed by atoms with Gasteiger partial charge in [-0.2, -0.15) is 9.97 Å². The first-order valence-electron chi connectivity index (χ1n) is 11.1. The highest BCUT2D eigenvalue weighted by molar-refractivity contribution is 5.85. The number of nitrogens with one attached hydrogen (secondary N) is 2. The Morgan fingerprint density at radius 2 is 1.81 bits per heavy atom. The van der Waals surface area contributed by atoms with Crippen molar-refractivity contribution in [2.75, 3.05) is 17.2 Å². The first-order valence-corrected chi connectivity index (χ1v) is 11.1. The average Bonchev–Trinajstić information content (AvgIpc) is 3.36. The van der Waals surface area contributed by atoms with E-state index >= 15 is 0 Å². The summed E-state index contributed by atoms with van der Waals surface area (Å²) in [5.41, 5.74) is 1.87. The number of hydrogen-bond donors (Lipinski definition) is 5. The predicted octanol–water partition coefficient (Wildman–Crippen LogP) is 1.93. The maximum Gasteiger partial charge on any atom is 0.231 e. The molecular weight excluding hydrogens is 412 g/mol. The van der Waals surface area contributed by atoms with Crippen LogP contribution in [0.25, 0.3) is 11.2 Å². The topological polar surface area (TPSA) is 138 Å². The Morgan fingerprint density at radius 1 is 1.03 bits per heavy atom. The van der Waals surface area contributed by atoms with Gasteiger partial charge >= 0.3 is 0 Å². The van der Waals surface area contributed by atoms with Crippen molar-refractivity contribution < 1.29 is 20.1 Å². The molecule has 4 atom stereocenters. The Hall–Kier alpha value is -2.79. The molecule has 10 nitrogen and oxygen atoms in total. The molecule has 0 radical (unpaired) electrons. The summed E-state index contributed by atoms with van der Waals surface area (Å²) in [4.78, 5) is 13.8. The average molecular weight is 441 g/mol. The first-order chi connectivity index (χ1) is 15.6. The van der Waals surface area contributed by atoms with Crippen LogP contribution < -0.4 is 10.6 Å². The van der Waals surface area contributed by atoms with E-state index in [0.717, 1.165) is 18.5 Å². The minimum absolute atomic E-state index is 0.311. The third-order valence-corrected chi connectivity index (χ3v) is 6.19. The molecule has 2 aromatic heterocycles. The van der Waals surface area contributed by atoms with Gasteiger partial charge in [0.15, 0.2) is 23.2 Å². The Morgan fingerprint density at radius 3 is 2.53 bits per heavy atom. The van der Waals surface area contributed by atoms with Gasteiger partial charge in [-0.05, 0) is 25.0 Å². The standard InChI is InChI=1S/C22H28N6O4/c29-11-15-17(30)18(31)21(32-15)28-12-23-16-19(24-13-7-3-1-4-8-13)26-22(27-20(16)28)25-14-9-5-2-6-10-14/h2,5-6,9-10,12-13,15,17-18,21,29-31H,1,3-4,7-8,11H2,(H2,24,25,26,27)/t15-,17-,18-,21?/m1/s1. The third kappa shape index (κ3) is 4.02. The van der Waals surface area contributed by atoms with E-state index in [-0.39, 0.29) is 0 Å². The van der Waals surface area contributed by atoms with Crippen LogP contribution in [0.2, 0.25) is 0 Å². The van der Waals surface area contributed by atoms with E-state index in [1.807, 2.05) is 30.3 Å². The van der Waals surface area contributed by atoms with Crippen molar-refractivity contribution >= 4 is 28.6 Å². The Bertz CT molecular complexity index is 1060. The smallest absolute Gasteiger partial charge is 0.231 e. The molecule has 2 fully saturated rings. The van der Waals surface area contributed by atoms with Gasteiger partial charge in [0, 0.05) is 11.7 Å². The SMILES string of the molecule is OC[C@H]1OC(n2cnc3c(NC4CCCCC4)nc(Nc4ccccc4)nc32)[C@H](O)[C@@H]1O. The summed E-state index contributed by atoms with van der Waals surface area (Å²) in [5.74, 6) is 1.00. The van der Waals surface area contributed by atoms with Crippen molar-refractivity contribution in [3.05, 3.63) is 36.7 Å². The molecule has 1 aliphatic carbocycles. The van der Waals surface area contributed by atoms with Crippen molar-refractivity contribution in [1.29, 1.82) is 0 Å². The second kappa shape index (κ2) is 8.99. The summed E-state index contributed by atoms with van der Waals surface area (Å²) in [6.45, 7) is -0.397. The van der Waals surface area contributed by atoms with Gasteiger partial charge in [0.25, 0.3) is 0 Å². The van der Waals surface area contributed by atoms with E-state index in [2.05, 4.69) is 20.6 Å². The largest absolute Gasteiger partial charge is 0.394 e. The number of ether oxygens (including phenoxy) is 1. The van der Waals surface area contributed by atoms with E-state index in [9.17, 15) is 15.3 Å². The van der Waals surface area contributed by atoms with E-state index < -0.39 is 31.1 Å². The van der Waals surface area contributed by atoms with Crippen LogP contribution in [0.15, 0.2) is 36.7 Å². The van der Waals surface area contributed by atoms with Crippen LogP contribution >= 0.6 is 0 Å². The molecule has 5 rings (SSSR count). The molecular formula is C22H28N6O4. The second-order valence-electron chi connectivity index (χ2n) is 8.42. The molecule has 0 amide bonds. The fraction of sp³-hybridized carbons (Fsp3) is 0.500. The number of rotatable bonds is 6. The summed E-state index contributed by atoms with van der Waals surface area (Å²) in [6.07, 6.45) is 3.05. The molecule has 1 aliphatic heterocycles. The molecule has 1 saturated heterocycles. The normalized spacial score (nSPS) is 26.5. The van der Waals surface area contributed by atoms with Crippen LogP contribution in [0, 0.1) is 0 Å². The quantitative estimate of drug-likeness (QED) is 0.389. The summed E-state index contributed by atoms with van der Waals surface area (Å²) in [5, 5.41) is 36.9. The maximum atomic E-state index is 10.5. The van der Waals surface area contributed by atoms with Gasteiger partial charge in [-0.25, -0.2) is 4.98 Å². The molecule has 170 valence electrons. The number of hydrogen-bond acceptors (Lipinski definition) is 9. The molecule has 0 bridgehead atoms. The fourth-order valence-electron chi connectivity index (χ4n) is 4.46. The number of fused-ring (bicyclic) bond motifs is 1. The summed E-state index contributed by atoms with van der Waals surface area (Å²) < 4.78 is 7.29. The Kier molecular flexibility index (Phi) is 5.92. The third-order valence-electron chi connectivity index (χ3n) is 6.19. The zero-order valence-electron chi connectivity index (χ0n) is 17.6. The Labute approximate surface area is 185 Å². The number of para-hydroxylation sites is 1. The van der Waals surface area contributed by atoms with Crippen LogP contribution in [0.3, 0.4) is 0 Å². The number of nitrogens with zero attached hydrogens (tertiary/aromatic N) is 4. The van der Waals surface area contributed by atoms with E-state index in [1.165, 1.54) is 25.6 Å². The molecule has 0 spiro atoms. The van der Waals surface area contributed by atoms with E-state index in [1.54, 1.807) is 4.57 Å². The number of aliphatic hydroxyl groups excluding tert-OH is 3. The van der Waals surface area contributed by atoms with E-state index in [4.69, 9.17) is 9.72 Å². The van der Waals surface area contributed by atoms with Crippen LogP contribution in [-0.4, -0.2) is 65.8 Å². The lowest BCUT2D eigenvalue weighted by molar-refractivity contribution is -0.0511. The lowest BCUT2D eigenvalue weighted by Crippen LogP contribution is -2.33. The maximum absolute atomic E-state index is 10.5. The van der Waals surface area contributed by atoms with Crippen molar-refractivity contribution in [2.24, 2.45) is 0 Å². The molecule has 3 heterocycles. The molecule has 1 unspecified atom stereocenters. The monoisotopic (exact) mass is 440 g/mol. The minimum atomic E-state index is -1.22. The molecule has 3 aromatic rings. The van der Waals surface area contributed by atoms with Crippen molar-refractivity contribution in [2.45, 2.75) is 62.7 Å². The summed E-state index contributed by atoms with van der Waals surface area (Å²) >= 11 is 0. The van der Waals surface area contributed by atoms with Crippen molar-refractivity contribution in [3.63, 3.8) is 0 Å². The summed E-state index contributed by atoms with van der Waals surface area (Å²) in [6, 6.07) is 9.93. The van der Waals surface area contributed by atoms with Crippen LogP contribution in [0.4, 0.5) is 17.5 Å². The van der Waals surface area contributed by atoms with Gasteiger partial charge in [-0.3, -0.25) is 4.57 Å². The fourth-order valence-corrected chi connectivity index (χ4v) is 4.46. The first kappa shape index (κ1) is 21.1. The lowest BCUT2D eigenvalue weighted by atomic mass is 9.95. The van der Waals surface area contributed by atoms with Crippen molar-refractivity contribution in [1.82, 2.24) is 19.5 Å². The molecule has 2 aliphatic rings. The number of imidazole rings is 1. The highest BCUT2D eigenvalue weighted by atomic mass is 16.6. The van der Waals surface area contributed by atoms with Gasteiger partial charge in [0.2, 0.25) is 5.95 Å². The highest BCUT2D eigenvalue weighted by Gasteiger charge is 2.44. The van der Waals surface area contributed by atoms with Gasteiger partial charge in [-0.1, -0.05) is 37.5 Å². The number of anilines is 3. The highest BCUT2D eigenvalue weighted by Crippen LogP contribution is 2.33. The van der Waals surface area contributed by atoms with Gasteiger partial charge < -0.3 is 30.7 Å². The lowest BCUT2D eigenvalue weighted by Gasteiger charge is -2.23. The predicted molar refractivity (Wildman–Crippen MR) is 119 cm³/mol. The minimum Gasteiger partial charge on any atom is -0.394 e. The number of aliphatic hydroxyl groups is 3. The van der Waals surface area contributed by atoms with Gasteiger partial charge in [0.05, 0.1) is 12.9 Å². The van der Waals surface area contributed by atoms with Crippen LogP contribution in [0.5, 0.6) is 0 Å². The van der Waals surface area contributed by atoms with E-state index in [0.29, 0.717) is 29.0 Å².